The molecule has 2 rings (SSSR count). The highest BCUT2D eigenvalue weighted by atomic mass is 35.5. The van der Waals surface area contributed by atoms with Gasteiger partial charge in [-0.3, -0.25) is 0 Å². The van der Waals surface area contributed by atoms with Crippen molar-refractivity contribution in [2.45, 2.75) is 30.8 Å². The zero-order valence-electron chi connectivity index (χ0n) is 9.67. The van der Waals surface area contributed by atoms with Crippen LogP contribution in [0.2, 0.25) is 5.02 Å². The van der Waals surface area contributed by atoms with Gasteiger partial charge in [-0.25, -0.2) is 4.68 Å². The van der Waals surface area contributed by atoms with E-state index in [-0.39, 0.29) is 6.04 Å². The molecule has 0 saturated carbocycles. The first-order valence-corrected chi connectivity index (χ1v) is 6.68. The topological polar surface area (TPSA) is 43.6 Å². The molecule has 0 bridgehead atoms. The fraction of sp³-hybridized carbons (Fsp3) is 0.364. The van der Waals surface area contributed by atoms with Gasteiger partial charge < -0.3 is 0 Å². The van der Waals surface area contributed by atoms with E-state index < -0.39 is 0 Å². The number of halogens is 1. The van der Waals surface area contributed by atoms with E-state index in [1.165, 1.54) is 5.56 Å². The van der Waals surface area contributed by atoms with E-state index in [9.17, 15) is 0 Å². The monoisotopic (exact) mass is 268 g/mol. The average molecular weight is 269 g/mol. The van der Waals surface area contributed by atoms with E-state index in [4.69, 9.17) is 11.6 Å². The van der Waals surface area contributed by atoms with Crippen molar-refractivity contribution >= 4 is 23.4 Å². The Kier molecular flexibility index (Phi) is 4.02. The maximum atomic E-state index is 5.93. The molecule has 0 radical (unpaired) electrons. The molecule has 17 heavy (non-hydrogen) atoms. The van der Waals surface area contributed by atoms with E-state index in [0.29, 0.717) is 0 Å². The summed E-state index contributed by atoms with van der Waals surface area (Å²) in [6.45, 7) is 4.11. The Hall–Kier alpha value is -1.07. The fourth-order valence-corrected chi connectivity index (χ4v) is 2.54. The van der Waals surface area contributed by atoms with Gasteiger partial charge in [-0.1, -0.05) is 35.5 Å². The maximum absolute atomic E-state index is 5.93. The lowest BCUT2D eigenvalue weighted by molar-refractivity contribution is 0.477. The third-order valence-corrected chi connectivity index (χ3v) is 3.45. The van der Waals surface area contributed by atoms with Gasteiger partial charge in [0.25, 0.3) is 0 Å². The number of hydrogen-bond donors (Lipinski definition) is 0. The summed E-state index contributed by atoms with van der Waals surface area (Å²) in [5.74, 6) is 0.813. The summed E-state index contributed by atoms with van der Waals surface area (Å²) in [5, 5.41) is 13.2. The summed E-state index contributed by atoms with van der Waals surface area (Å²) in [6.07, 6.45) is 0. The molecule has 2 aromatic rings. The minimum atomic E-state index is 0.270. The lowest BCUT2D eigenvalue weighted by Gasteiger charge is -2.07. The SMILES string of the molecule is CC(C)n1nnnc1SCc1cccc(Cl)c1. The van der Waals surface area contributed by atoms with Crippen LogP contribution in [0.1, 0.15) is 25.5 Å². The fourth-order valence-electron chi connectivity index (χ4n) is 1.38. The van der Waals surface area contributed by atoms with Gasteiger partial charge in [0.05, 0.1) is 6.04 Å². The Morgan fingerprint density at radius 2 is 2.24 bits per heavy atom. The van der Waals surface area contributed by atoms with Crippen molar-refractivity contribution in [3.05, 3.63) is 34.9 Å². The molecule has 0 N–H and O–H groups in total. The second kappa shape index (κ2) is 5.51. The van der Waals surface area contributed by atoms with E-state index in [1.54, 1.807) is 11.8 Å². The molecule has 0 spiro atoms. The molecule has 0 aliphatic heterocycles. The van der Waals surface area contributed by atoms with Crippen molar-refractivity contribution in [2.75, 3.05) is 0 Å². The van der Waals surface area contributed by atoms with E-state index in [2.05, 4.69) is 29.4 Å². The molecule has 0 fully saturated rings. The van der Waals surface area contributed by atoms with Crippen LogP contribution in [0.15, 0.2) is 29.4 Å². The van der Waals surface area contributed by atoms with Crippen LogP contribution in [0, 0.1) is 0 Å². The van der Waals surface area contributed by atoms with Crippen molar-refractivity contribution in [1.29, 1.82) is 0 Å². The minimum Gasteiger partial charge on any atom is -0.218 e. The molecular weight excluding hydrogens is 256 g/mol. The van der Waals surface area contributed by atoms with Crippen LogP contribution in [0.4, 0.5) is 0 Å². The third kappa shape index (κ3) is 3.20. The molecule has 1 heterocycles. The Morgan fingerprint density at radius 3 is 2.94 bits per heavy atom. The number of rotatable bonds is 4. The summed E-state index contributed by atoms with van der Waals surface area (Å²) >= 11 is 7.54. The molecule has 0 amide bonds. The number of hydrogen-bond acceptors (Lipinski definition) is 4. The molecule has 1 aromatic heterocycles. The number of benzene rings is 1. The second-order valence-electron chi connectivity index (χ2n) is 3.92. The van der Waals surface area contributed by atoms with Gasteiger partial charge in [0.1, 0.15) is 0 Å². The second-order valence-corrected chi connectivity index (χ2v) is 5.30. The Bertz CT molecular complexity index is 498. The predicted octanol–water partition coefficient (Wildman–Crippen LogP) is 3.20. The van der Waals surface area contributed by atoms with Crippen LogP contribution in [0.3, 0.4) is 0 Å². The van der Waals surface area contributed by atoms with Crippen molar-refractivity contribution in [3.8, 4) is 0 Å². The highest BCUT2D eigenvalue weighted by molar-refractivity contribution is 7.98. The molecule has 0 aliphatic rings. The van der Waals surface area contributed by atoms with E-state index in [1.807, 2.05) is 28.9 Å². The maximum Gasteiger partial charge on any atom is 0.209 e. The highest BCUT2D eigenvalue weighted by Gasteiger charge is 2.09. The van der Waals surface area contributed by atoms with Crippen LogP contribution < -0.4 is 0 Å². The van der Waals surface area contributed by atoms with Gasteiger partial charge in [-0.05, 0) is 42.0 Å². The molecule has 1 aromatic carbocycles. The Labute approximate surface area is 109 Å². The van der Waals surface area contributed by atoms with Crippen molar-refractivity contribution in [2.24, 2.45) is 0 Å². The summed E-state index contributed by atoms with van der Waals surface area (Å²) in [4.78, 5) is 0. The first kappa shape index (κ1) is 12.4. The zero-order valence-corrected chi connectivity index (χ0v) is 11.2. The van der Waals surface area contributed by atoms with Crippen LogP contribution >= 0.6 is 23.4 Å². The van der Waals surface area contributed by atoms with E-state index in [0.717, 1.165) is 15.9 Å². The van der Waals surface area contributed by atoms with Crippen molar-refractivity contribution < 1.29 is 0 Å². The van der Waals surface area contributed by atoms with Crippen LogP contribution in [-0.2, 0) is 5.75 Å². The first-order valence-electron chi connectivity index (χ1n) is 5.32. The van der Waals surface area contributed by atoms with Gasteiger partial charge >= 0.3 is 0 Å². The van der Waals surface area contributed by atoms with Gasteiger partial charge in [0.15, 0.2) is 0 Å². The molecule has 4 nitrogen and oxygen atoms in total. The predicted molar refractivity (Wildman–Crippen MR) is 69.2 cm³/mol. The van der Waals surface area contributed by atoms with Crippen molar-refractivity contribution in [1.82, 2.24) is 20.2 Å². The standard InChI is InChI=1S/C11H13ClN4S/c1-8(2)16-11(13-14-15-16)17-7-9-4-3-5-10(12)6-9/h3-6,8H,7H2,1-2H3. The molecule has 6 heteroatoms. The summed E-state index contributed by atoms with van der Waals surface area (Å²) < 4.78 is 1.81. The summed E-state index contributed by atoms with van der Waals surface area (Å²) in [6, 6.07) is 8.09. The first-order chi connectivity index (χ1) is 8.16. The normalized spacial score (nSPS) is 11.1. The number of aromatic nitrogens is 4. The third-order valence-electron chi connectivity index (χ3n) is 2.21. The lowest BCUT2D eigenvalue weighted by Crippen LogP contribution is -2.04. The van der Waals surface area contributed by atoms with E-state index >= 15 is 0 Å². The molecular formula is C11H13ClN4S. The molecule has 0 unspecified atom stereocenters. The largest absolute Gasteiger partial charge is 0.218 e. The smallest absolute Gasteiger partial charge is 0.209 e. The zero-order chi connectivity index (χ0) is 12.3. The van der Waals surface area contributed by atoms with Crippen molar-refractivity contribution in [3.63, 3.8) is 0 Å². The molecule has 0 saturated heterocycles. The number of nitrogens with zero attached hydrogens (tertiary/aromatic N) is 4. The lowest BCUT2D eigenvalue weighted by atomic mass is 10.2. The highest BCUT2D eigenvalue weighted by Crippen LogP contribution is 2.23. The van der Waals surface area contributed by atoms with Crippen LogP contribution in [-0.4, -0.2) is 20.2 Å². The van der Waals surface area contributed by atoms with Gasteiger partial charge in [0, 0.05) is 10.8 Å². The average Bonchev–Trinajstić information content (AvgIpc) is 2.74. The van der Waals surface area contributed by atoms with Crippen LogP contribution in [0.25, 0.3) is 0 Å². The van der Waals surface area contributed by atoms with Crippen LogP contribution in [0.5, 0.6) is 0 Å². The quantitative estimate of drug-likeness (QED) is 0.799. The Morgan fingerprint density at radius 1 is 1.41 bits per heavy atom. The molecule has 0 atom stereocenters. The minimum absolute atomic E-state index is 0.270. The Balaban J connectivity index is 2.05. The summed E-state index contributed by atoms with van der Waals surface area (Å²) in [5.41, 5.74) is 1.17. The molecule has 90 valence electrons. The number of tetrazole rings is 1. The summed E-state index contributed by atoms with van der Waals surface area (Å²) in [7, 11) is 0. The number of thioether (sulfide) groups is 1. The molecule has 0 aliphatic carbocycles. The van der Waals surface area contributed by atoms with Gasteiger partial charge in [0.2, 0.25) is 5.16 Å². The van der Waals surface area contributed by atoms with Gasteiger partial charge in [-0.15, -0.1) is 5.10 Å². The van der Waals surface area contributed by atoms with Gasteiger partial charge in [-0.2, -0.15) is 0 Å².